The molecular weight excluding hydrogens is 410 g/mol. The van der Waals surface area contributed by atoms with Gasteiger partial charge < -0.3 is 15.0 Å². The molecule has 0 radical (unpaired) electrons. The maximum Gasteiger partial charge on any atom is 0.257 e. The van der Waals surface area contributed by atoms with Crippen molar-refractivity contribution in [2.75, 3.05) is 51.3 Å². The molecule has 166 valence electrons. The fourth-order valence-corrected chi connectivity index (χ4v) is 5.46. The molecule has 1 N–H and O–H groups in total. The van der Waals surface area contributed by atoms with Crippen LogP contribution < -0.4 is 5.32 Å². The van der Waals surface area contributed by atoms with Crippen molar-refractivity contribution in [3.8, 4) is 10.4 Å². The highest BCUT2D eigenvalue weighted by Crippen LogP contribution is 2.40. The molecule has 0 aliphatic carbocycles. The average Bonchev–Trinajstić information content (AvgIpc) is 3.11. The van der Waals surface area contributed by atoms with Gasteiger partial charge in [0.15, 0.2) is 0 Å². The lowest BCUT2D eigenvalue weighted by Gasteiger charge is -2.29. The molecule has 31 heavy (non-hydrogen) atoms. The van der Waals surface area contributed by atoms with Crippen molar-refractivity contribution in [2.24, 2.45) is 5.92 Å². The summed E-state index contributed by atoms with van der Waals surface area (Å²) in [6.07, 6.45) is 2.26. The van der Waals surface area contributed by atoms with Gasteiger partial charge in [-0.05, 0) is 49.9 Å². The first kappa shape index (κ1) is 22.0. The van der Waals surface area contributed by atoms with E-state index in [0.29, 0.717) is 43.4 Å². The van der Waals surface area contributed by atoms with Crippen LogP contribution in [0.4, 0.5) is 5.00 Å². The summed E-state index contributed by atoms with van der Waals surface area (Å²) in [4.78, 5) is 31.3. The molecule has 7 heteroatoms. The molecule has 6 nitrogen and oxygen atoms in total. The topological polar surface area (TPSA) is 61.9 Å². The maximum absolute atomic E-state index is 13.4. The van der Waals surface area contributed by atoms with Crippen molar-refractivity contribution in [1.29, 1.82) is 0 Å². The van der Waals surface area contributed by atoms with E-state index in [9.17, 15) is 9.59 Å². The Morgan fingerprint density at radius 1 is 1.10 bits per heavy atom. The van der Waals surface area contributed by atoms with Crippen LogP contribution in [0.2, 0.25) is 0 Å². The van der Waals surface area contributed by atoms with Gasteiger partial charge in [0.05, 0.1) is 25.3 Å². The van der Waals surface area contributed by atoms with E-state index in [1.54, 1.807) is 0 Å². The molecule has 2 amide bonds. The van der Waals surface area contributed by atoms with Crippen LogP contribution in [0, 0.1) is 12.8 Å². The number of piperidine rings is 1. The van der Waals surface area contributed by atoms with Gasteiger partial charge in [0, 0.05) is 18.0 Å². The van der Waals surface area contributed by atoms with E-state index in [0.717, 1.165) is 47.9 Å². The van der Waals surface area contributed by atoms with Crippen molar-refractivity contribution in [1.82, 2.24) is 9.80 Å². The summed E-state index contributed by atoms with van der Waals surface area (Å²) >= 11 is 1.49. The Morgan fingerprint density at radius 3 is 2.45 bits per heavy atom. The lowest BCUT2D eigenvalue weighted by molar-refractivity contribution is -0.117. The number of hydrogen-bond acceptors (Lipinski definition) is 5. The molecule has 0 unspecified atom stereocenters. The van der Waals surface area contributed by atoms with Gasteiger partial charge in [-0.15, -0.1) is 11.3 Å². The number of hydrogen-bond donors (Lipinski definition) is 1. The molecule has 2 fully saturated rings. The Hall–Kier alpha value is -2.22. The zero-order valence-electron chi connectivity index (χ0n) is 18.4. The summed E-state index contributed by atoms with van der Waals surface area (Å²) in [7, 11) is 0. The SMILES string of the molecule is Cc1c(-c2ccccc2)sc(NC(=O)CN2CCC(C)CC2)c1C(=O)N1CCOCC1. The number of anilines is 1. The van der Waals surface area contributed by atoms with Crippen molar-refractivity contribution in [3.05, 3.63) is 41.5 Å². The van der Waals surface area contributed by atoms with Crippen LogP contribution in [0.1, 0.15) is 35.7 Å². The summed E-state index contributed by atoms with van der Waals surface area (Å²) < 4.78 is 5.41. The van der Waals surface area contributed by atoms with E-state index in [-0.39, 0.29) is 11.8 Å². The highest BCUT2D eigenvalue weighted by Gasteiger charge is 2.28. The Balaban J connectivity index is 1.58. The normalized spacial score (nSPS) is 18.2. The Morgan fingerprint density at radius 2 is 1.77 bits per heavy atom. The van der Waals surface area contributed by atoms with Gasteiger partial charge in [-0.3, -0.25) is 14.5 Å². The minimum Gasteiger partial charge on any atom is -0.378 e. The average molecular weight is 442 g/mol. The number of amides is 2. The number of carbonyl (C=O) groups is 2. The van der Waals surface area contributed by atoms with Crippen LogP contribution in [0.15, 0.2) is 30.3 Å². The van der Waals surface area contributed by atoms with E-state index >= 15 is 0 Å². The number of benzene rings is 1. The number of carbonyl (C=O) groups excluding carboxylic acids is 2. The standard InChI is InChI=1S/C24H31N3O3S/c1-17-8-10-26(11-9-17)16-20(28)25-23-21(24(29)27-12-14-30-15-13-27)18(2)22(31-23)19-6-4-3-5-7-19/h3-7,17H,8-16H2,1-2H3,(H,25,28). The number of nitrogens with zero attached hydrogens (tertiary/aromatic N) is 2. The third kappa shape index (κ3) is 5.17. The van der Waals surface area contributed by atoms with Gasteiger partial charge in [-0.2, -0.15) is 0 Å². The summed E-state index contributed by atoms with van der Waals surface area (Å²) in [6, 6.07) is 10.1. The summed E-state index contributed by atoms with van der Waals surface area (Å²) in [6.45, 7) is 8.78. The van der Waals surface area contributed by atoms with E-state index in [1.165, 1.54) is 11.3 Å². The van der Waals surface area contributed by atoms with Gasteiger partial charge in [-0.1, -0.05) is 37.3 Å². The van der Waals surface area contributed by atoms with Crippen molar-refractivity contribution < 1.29 is 14.3 Å². The number of thiophene rings is 1. The molecule has 3 heterocycles. The van der Waals surface area contributed by atoms with Crippen molar-refractivity contribution in [3.63, 3.8) is 0 Å². The van der Waals surface area contributed by atoms with Gasteiger partial charge in [-0.25, -0.2) is 0 Å². The summed E-state index contributed by atoms with van der Waals surface area (Å²) in [5.41, 5.74) is 2.60. The fraction of sp³-hybridized carbons (Fsp3) is 0.500. The molecule has 0 atom stereocenters. The van der Waals surface area contributed by atoms with Gasteiger partial charge in [0.1, 0.15) is 5.00 Å². The van der Waals surface area contributed by atoms with Crippen LogP contribution in [0.25, 0.3) is 10.4 Å². The minimum atomic E-state index is -0.0496. The molecule has 1 aromatic heterocycles. The number of rotatable bonds is 5. The Labute approximate surface area is 188 Å². The van der Waals surface area contributed by atoms with E-state index < -0.39 is 0 Å². The summed E-state index contributed by atoms with van der Waals surface area (Å²) in [5, 5.41) is 3.73. The predicted octanol–water partition coefficient (Wildman–Crippen LogP) is 3.87. The molecule has 2 aromatic rings. The molecule has 2 saturated heterocycles. The molecule has 1 aromatic carbocycles. The van der Waals surface area contributed by atoms with E-state index in [4.69, 9.17) is 4.74 Å². The smallest absolute Gasteiger partial charge is 0.257 e. The van der Waals surface area contributed by atoms with E-state index in [2.05, 4.69) is 17.1 Å². The van der Waals surface area contributed by atoms with Gasteiger partial charge in [0.25, 0.3) is 5.91 Å². The molecule has 4 rings (SSSR count). The molecule has 0 saturated carbocycles. The maximum atomic E-state index is 13.4. The zero-order valence-corrected chi connectivity index (χ0v) is 19.2. The number of morpholine rings is 1. The minimum absolute atomic E-state index is 0.0265. The first-order valence-electron chi connectivity index (χ1n) is 11.1. The van der Waals surface area contributed by atoms with E-state index in [1.807, 2.05) is 42.2 Å². The van der Waals surface area contributed by atoms with Gasteiger partial charge >= 0.3 is 0 Å². The third-order valence-corrected chi connectivity index (χ3v) is 7.45. The zero-order chi connectivity index (χ0) is 21.8. The fourth-order valence-electron chi connectivity index (χ4n) is 4.24. The van der Waals surface area contributed by atoms with Crippen LogP contribution in [-0.2, 0) is 9.53 Å². The number of likely N-dealkylation sites (tertiary alicyclic amines) is 1. The Bertz CT molecular complexity index is 914. The lowest BCUT2D eigenvalue weighted by Crippen LogP contribution is -2.41. The molecule has 2 aliphatic rings. The second-order valence-corrected chi connectivity index (χ2v) is 9.56. The van der Waals surface area contributed by atoms with Crippen LogP contribution in [0.5, 0.6) is 0 Å². The monoisotopic (exact) mass is 441 g/mol. The molecule has 2 aliphatic heterocycles. The van der Waals surface area contributed by atoms with Crippen LogP contribution in [0.3, 0.4) is 0 Å². The largest absolute Gasteiger partial charge is 0.378 e. The lowest BCUT2D eigenvalue weighted by atomic mass is 9.99. The van der Waals surface area contributed by atoms with Gasteiger partial charge in [0.2, 0.25) is 5.91 Å². The molecule has 0 spiro atoms. The molecule has 0 bridgehead atoms. The van der Waals surface area contributed by atoms with Crippen molar-refractivity contribution >= 4 is 28.2 Å². The molecular formula is C24H31N3O3S. The second-order valence-electron chi connectivity index (χ2n) is 8.54. The van der Waals surface area contributed by atoms with Crippen LogP contribution >= 0.6 is 11.3 Å². The Kier molecular flexibility index (Phi) is 7.05. The highest BCUT2D eigenvalue weighted by atomic mass is 32.1. The predicted molar refractivity (Wildman–Crippen MR) is 125 cm³/mol. The first-order chi connectivity index (χ1) is 15.0. The first-order valence-corrected chi connectivity index (χ1v) is 11.9. The second kappa shape index (κ2) is 9.94. The number of nitrogens with one attached hydrogen (secondary N) is 1. The van der Waals surface area contributed by atoms with Crippen LogP contribution in [-0.4, -0.2) is 67.6 Å². The van der Waals surface area contributed by atoms with Crippen molar-refractivity contribution in [2.45, 2.75) is 26.7 Å². The highest BCUT2D eigenvalue weighted by molar-refractivity contribution is 7.20. The third-order valence-electron chi connectivity index (χ3n) is 6.19. The quantitative estimate of drug-likeness (QED) is 0.765. The number of ether oxygens (including phenoxy) is 1. The summed E-state index contributed by atoms with van der Waals surface area (Å²) in [5.74, 6) is 0.651.